The SMILES string of the molecule is CCCCC(CC)CN1C(=O)C(=Cc2c(NCCCOC(C)C)nc3c(C)cccn3c2=O)SC1=S. The van der Waals surface area contributed by atoms with E-state index in [-0.39, 0.29) is 17.6 Å². The summed E-state index contributed by atoms with van der Waals surface area (Å²) in [5.41, 5.74) is 1.64. The van der Waals surface area contributed by atoms with Crippen LogP contribution in [0.4, 0.5) is 5.82 Å². The van der Waals surface area contributed by atoms with Crippen LogP contribution in [-0.2, 0) is 9.53 Å². The van der Waals surface area contributed by atoms with E-state index in [4.69, 9.17) is 21.9 Å². The molecule has 7 nitrogen and oxygen atoms in total. The average Bonchev–Trinajstić information content (AvgIpc) is 3.11. The van der Waals surface area contributed by atoms with E-state index in [0.29, 0.717) is 51.9 Å². The highest BCUT2D eigenvalue weighted by Gasteiger charge is 2.33. The van der Waals surface area contributed by atoms with Gasteiger partial charge in [0.2, 0.25) is 0 Å². The number of aryl methyl sites for hydroxylation is 1. The molecule has 1 aliphatic heterocycles. The van der Waals surface area contributed by atoms with Crippen LogP contribution in [0.15, 0.2) is 28.0 Å². The van der Waals surface area contributed by atoms with Crippen molar-refractivity contribution in [3.05, 3.63) is 44.7 Å². The monoisotopic (exact) mass is 530 g/mol. The number of unbranched alkanes of at least 4 members (excludes halogenated alkanes) is 1. The highest BCUT2D eigenvalue weighted by atomic mass is 32.2. The first-order chi connectivity index (χ1) is 17.3. The van der Waals surface area contributed by atoms with Gasteiger partial charge in [0.15, 0.2) is 0 Å². The number of hydrogen-bond donors (Lipinski definition) is 1. The summed E-state index contributed by atoms with van der Waals surface area (Å²) in [6.45, 7) is 12.1. The highest BCUT2D eigenvalue weighted by molar-refractivity contribution is 8.26. The third-order valence-electron chi connectivity index (χ3n) is 6.28. The van der Waals surface area contributed by atoms with Crippen molar-refractivity contribution in [3.8, 4) is 0 Å². The summed E-state index contributed by atoms with van der Waals surface area (Å²) in [4.78, 5) is 33.8. The molecule has 2 aromatic rings. The van der Waals surface area contributed by atoms with Crippen LogP contribution >= 0.6 is 24.0 Å². The standard InChI is InChI=1S/C27H38N4O3S2/c1-6-8-12-20(7-2)17-31-26(33)22(36-27(31)35)16-21-23(28-13-10-15-34-18(3)4)29-24-19(5)11-9-14-30(24)25(21)32/h9,11,14,16,18,20,28H,6-8,10,12-13,15,17H2,1-5H3. The lowest BCUT2D eigenvalue weighted by Crippen LogP contribution is -2.33. The average molecular weight is 531 g/mol. The van der Waals surface area contributed by atoms with E-state index in [2.05, 4.69) is 19.2 Å². The van der Waals surface area contributed by atoms with E-state index in [1.807, 2.05) is 32.9 Å². The number of rotatable bonds is 13. The molecule has 196 valence electrons. The van der Waals surface area contributed by atoms with Gasteiger partial charge in [0.25, 0.3) is 11.5 Å². The second kappa shape index (κ2) is 13.4. The molecule has 2 aromatic heterocycles. The fraction of sp³-hybridized carbons (Fsp3) is 0.556. The lowest BCUT2D eigenvalue weighted by Gasteiger charge is -2.21. The third kappa shape index (κ3) is 6.95. The Morgan fingerprint density at radius 2 is 2.03 bits per heavy atom. The van der Waals surface area contributed by atoms with Gasteiger partial charge < -0.3 is 10.1 Å². The number of nitrogens with zero attached hydrogens (tertiary/aromatic N) is 3. The number of anilines is 1. The largest absolute Gasteiger partial charge is 0.379 e. The van der Waals surface area contributed by atoms with Gasteiger partial charge >= 0.3 is 0 Å². The van der Waals surface area contributed by atoms with E-state index < -0.39 is 0 Å². The predicted molar refractivity (Wildman–Crippen MR) is 154 cm³/mol. The summed E-state index contributed by atoms with van der Waals surface area (Å²) in [6.07, 6.45) is 8.65. The predicted octanol–water partition coefficient (Wildman–Crippen LogP) is 5.65. The fourth-order valence-corrected chi connectivity index (χ4v) is 5.40. The van der Waals surface area contributed by atoms with Gasteiger partial charge in [-0.3, -0.25) is 18.9 Å². The van der Waals surface area contributed by atoms with Crippen LogP contribution in [0.2, 0.25) is 0 Å². The molecule has 0 aromatic carbocycles. The van der Waals surface area contributed by atoms with Crippen LogP contribution < -0.4 is 10.9 Å². The Hall–Kier alpha value is -2.23. The first kappa shape index (κ1) is 28.3. The summed E-state index contributed by atoms with van der Waals surface area (Å²) >= 11 is 6.83. The van der Waals surface area contributed by atoms with Crippen molar-refractivity contribution in [1.82, 2.24) is 14.3 Å². The van der Waals surface area contributed by atoms with E-state index in [0.717, 1.165) is 37.7 Å². The number of pyridine rings is 1. The maximum Gasteiger partial charge on any atom is 0.267 e. The van der Waals surface area contributed by atoms with Crippen molar-refractivity contribution >= 4 is 51.7 Å². The van der Waals surface area contributed by atoms with E-state index in [1.54, 1.807) is 17.2 Å². The van der Waals surface area contributed by atoms with Gasteiger partial charge in [-0.1, -0.05) is 63.2 Å². The molecule has 1 N–H and O–H groups in total. The minimum absolute atomic E-state index is 0.134. The molecule has 36 heavy (non-hydrogen) atoms. The summed E-state index contributed by atoms with van der Waals surface area (Å²) < 4.78 is 7.71. The highest BCUT2D eigenvalue weighted by Crippen LogP contribution is 2.34. The van der Waals surface area contributed by atoms with Gasteiger partial charge in [-0.25, -0.2) is 4.98 Å². The number of aromatic nitrogens is 2. The second-order valence-electron chi connectivity index (χ2n) is 9.47. The smallest absolute Gasteiger partial charge is 0.267 e. The molecule has 0 bridgehead atoms. The quantitative estimate of drug-likeness (QED) is 0.204. The summed E-state index contributed by atoms with van der Waals surface area (Å²) in [5.74, 6) is 0.747. The van der Waals surface area contributed by atoms with E-state index in [1.165, 1.54) is 16.2 Å². The third-order valence-corrected chi connectivity index (χ3v) is 7.66. The zero-order valence-electron chi connectivity index (χ0n) is 22.0. The number of carbonyl (C=O) groups excluding carboxylic acids is 1. The first-order valence-corrected chi connectivity index (χ1v) is 14.1. The van der Waals surface area contributed by atoms with Gasteiger partial charge in [0.1, 0.15) is 15.8 Å². The summed E-state index contributed by atoms with van der Waals surface area (Å²) in [5, 5.41) is 3.31. The molecule has 1 amide bonds. The Morgan fingerprint density at radius 1 is 1.25 bits per heavy atom. The van der Waals surface area contributed by atoms with Crippen LogP contribution in [0.25, 0.3) is 11.7 Å². The molecule has 1 unspecified atom stereocenters. The lowest BCUT2D eigenvalue weighted by molar-refractivity contribution is -0.122. The van der Waals surface area contributed by atoms with Crippen molar-refractivity contribution < 1.29 is 9.53 Å². The Labute approximate surface area is 223 Å². The van der Waals surface area contributed by atoms with Crippen molar-refractivity contribution in [1.29, 1.82) is 0 Å². The van der Waals surface area contributed by atoms with E-state index in [9.17, 15) is 9.59 Å². The Kier molecular flexibility index (Phi) is 10.5. The van der Waals surface area contributed by atoms with Crippen LogP contribution in [0.5, 0.6) is 0 Å². The van der Waals surface area contributed by atoms with Crippen molar-refractivity contribution in [3.63, 3.8) is 0 Å². The molecular formula is C27H38N4O3S2. The number of fused-ring (bicyclic) bond motifs is 1. The minimum atomic E-state index is -0.218. The van der Waals surface area contributed by atoms with Crippen LogP contribution in [0, 0.1) is 12.8 Å². The summed E-state index contributed by atoms with van der Waals surface area (Å²) in [7, 11) is 0. The second-order valence-corrected chi connectivity index (χ2v) is 11.1. The minimum Gasteiger partial charge on any atom is -0.379 e. The molecule has 9 heteroatoms. The molecule has 1 atom stereocenters. The first-order valence-electron chi connectivity index (χ1n) is 12.9. The molecular weight excluding hydrogens is 492 g/mol. The zero-order chi connectivity index (χ0) is 26.2. The molecule has 0 spiro atoms. The molecule has 0 saturated carbocycles. The number of amides is 1. The van der Waals surface area contributed by atoms with Crippen molar-refractivity contribution in [2.45, 2.75) is 72.8 Å². The van der Waals surface area contributed by atoms with Gasteiger partial charge in [0.05, 0.1) is 16.6 Å². The number of thiocarbonyl (C=S) groups is 1. The Bertz CT molecular complexity index is 1180. The van der Waals surface area contributed by atoms with Crippen molar-refractivity contribution in [2.24, 2.45) is 5.92 Å². The molecule has 3 rings (SSSR count). The molecule has 1 fully saturated rings. The topological polar surface area (TPSA) is 75.9 Å². The molecule has 1 aliphatic rings. The maximum absolute atomic E-state index is 13.5. The number of carbonyl (C=O) groups is 1. The maximum atomic E-state index is 13.5. The molecule has 1 saturated heterocycles. The number of hydrogen-bond acceptors (Lipinski definition) is 7. The number of nitrogens with one attached hydrogen (secondary N) is 1. The molecule has 3 heterocycles. The zero-order valence-corrected chi connectivity index (χ0v) is 23.6. The molecule has 0 radical (unpaired) electrons. The Balaban J connectivity index is 1.92. The van der Waals surface area contributed by atoms with Gasteiger partial charge in [0, 0.05) is 25.9 Å². The molecule has 0 aliphatic carbocycles. The Morgan fingerprint density at radius 3 is 2.72 bits per heavy atom. The number of thioether (sulfide) groups is 1. The lowest BCUT2D eigenvalue weighted by atomic mass is 9.99. The fourth-order valence-electron chi connectivity index (χ4n) is 4.14. The number of ether oxygens (including phenoxy) is 1. The van der Waals surface area contributed by atoms with Gasteiger partial charge in [-0.2, -0.15) is 0 Å². The van der Waals surface area contributed by atoms with Crippen molar-refractivity contribution in [2.75, 3.05) is 25.0 Å². The van der Waals surface area contributed by atoms with Crippen LogP contribution in [-0.4, -0.2) is 50.3 Å². The van der Waals surface area contributed by atoms with E-state index >= 15 is 0 Å². The van der Waals surface area contributed by atoms with Crippen LogP contribution in [0.3, 0.4) is 0 Å². The summed E-state index contributed by atoms with van der Waals surface area (Å²) in [6, 6.07) is 3.75. The van der Waals surface area contributed by atoms with Crippen LogP contribution in [0.1, 0.15) is 70.9 Å². The normalized spacial score (nSPS) is 16.1. The van der Waals surface area contributed by atoms with Gasteiger partial charge in [-0.05, 0) is 57.2 Å². The van der Waals surface area contributed by atoms with Gasteiger partial charge in [-0.15, -0.1) is 0 Å².